The average Bonchev–Trinajstić information content (AvgIpc) is 2.74. The number of piperidine rings is 1. The summed E-state index contributed by atoms with van der Waals surface area (Å²) in [5.41, 5.74) is 1.19. The van der Waals surface area contributed by atoms with E-state index in [-0.39, 0.29) is 18.6 Å². The van der Waals surface area contributed by atoms with Gasteiger partial charge in [0.2, 0.25) is 0 Å². The van der Waals surface area contributed by atoms with Gasteiger partial charge >= 0.3 is 12.0 Å². The number of rotatable bonds is 5. The number of ether oxygens (including phenoxy) is 1. The monoisotopic (exact) mass is 415 g/mol. The van der Waals surface area contributed by atoms with Crippen LogP contribution in [0.1, 0.15) is 12.8 Å². The number of para-hydroxylation sites is 2. The number of halogens is 1. The SMILES string of the molecule is O=C(COC(=O)C1CCN(C(=O)Nc2ccccc2)CC1)Nc1ccccc1Cl. The maximum absolute atomic E-state index is 12.3. The molecule has 1 heterocycles. The highest BCUT2D eigenvalue weighted by molar-refractivity contribution is 6.33. The molecule has 0 radical (unpaired) electrons. The van der Waals surface area contributed by atoms with Crippen LogP contribution in [0, 0.1) is 5.92 Å². The molecule has 0 saturated carbocycles. The van der Waals surface area contributed by atoms with E-state index in [0.717, 1.165) is 5.69 Å². The highest BCUT2D eigenvalue weighted by Gasteiger charge is 2.28. The number of likely N-dealkylation sites (tertiary alicyclic amines) is 1. The van der Waals surface area contributed by atoms with Gasteiger partial charge in [-0.15, -0.1) is 0 Å². The molecule has 0 unspecified atom stereocenters. The number of esters is 1. The van der Waals surface area contributed by atoms with Crippen LogP contribution in [0.25, 0.3) is 0 Å². The van der Waals surface area contributed by atoms with Gasteiger partial charge < -0.3 is 20.3 Å². The number of hydrogen-bond donors (Lipinski definition) is 2. The first-order valence-electron chi connectivity index (χ1n) is 9.35. The maximum atomic E-state index is 12.3. The lowest BCUT2D eigenvalue weighted by atomic mass is 9.97. The average molecular weight is 416 g/mol. The molecule has 1 fully saturated rings. The summed E-state index contributed by atoms with van der Waals surface area (Å²) in [5.74, 6) is -1.21. The van der Waals surface area contributed by atoms with Crippen molar-refractivity contribution in [3.8, 4) is 0 Å². The predicted molar refractivity (Wildman–Crippen MR) is 111 cm³/mol. The highest BCUT2D eigenvalue weighted by atomic mass is 35.5. The van der Waals surface area contributed by atoms with E-state index < -0.39 is 11.9 Å². The summed E-state index contributed by atoms with van der Waals surface area (Å²) < 4.78 is 5.13. The van der Waals surface area contributed by atoms with E-state index in [1.165, 1.54) is 0 Å². The molecule has 7 nitrogen and oxygen atoms in total. The number of anilines is 2. The lowest BCUT2D eigenvalue weighted by Gasteiger charge is -2.30. The number of carbonyl (C=O) groups excluding carboxylic acids is 3. The molecule has 0 aromatic heterocycles. The fourth-order valence-corrected chi connectivity index (χ4v) is 3.23. The van der Waals surface area contributed by atoms with Crippen molar-refractivity contribution >= 4 is 40.9 Å². The Morgan fingerprint density at radius 3 is 2.31 bits per heavy atom. The first-order chi connectivity index (χ1) is 14.0. The molecule has 3 amide bonds. The smallest absolute Gasteiger partial charge is 0.321 e. The van der Waals surface area contributed by atoms with Crippen LogP contribution in [0.4, 0.5) is 16.2 Å². The van der Waals surface area contributed by atoms with Crippen LogP contribution in [0.15, 0.2) is 54.6 Å². The molecule has 2 aromatic carbocycles. The summed E-state index contributed by atoms with van der Waals surface area (Å²) in [6.07, 6.45) is 0.986. The minimum Gasteiger partial charge on any atom is -0.455 e. The van der Waals surface area contributed by atoms with Gasteiger partial charge in [0.05, 0.1) is 16.6 Å². The molecular weight excluding hydrogens is 394 g/mol. The van der Waals surface area contributed by atoms with Crippen LogP contribution in [0.5, 0.6) is 0 Å². The van der Waals surface area contributed by atoms with Crippen LogP contribution in [-0.2, 0) is 14.3 Å². The number of amides is 3. The Hall–Kier alpha value is -3.06. The van der Waals surface area contributed by atoms with Crippen LogP contribution >= 0.6 is 11.6 Å². The minimum atomic E-state index is -0.453. The van der Waals surface area contributed by atoms with Crippen molar-refractivity contribution in [2.24, 2.45) is 5.92 Å². The first kappa shape index (κ1) is 20.7. The van der Waals surface area contributed by atoms with Crippen molar-refractivity contribution in [3.05, 3.63) is 59.6 Å². The van der Waals surface area contributed by atoms with E-state index in [1.807, 2.05) is 30.3 Å². The summed E-state index contributed by atoms with van der Waals surface area (Å²) in [6, 6.07) is 15.8. The fraction of sp³-hybridized carbons (Fsp3) is 0.286. The van der Waals surface area contributed by atoms with Crippen molar-refractivity contribution in [1.29, 1.82) is 0 Å². The summed E-state index contributed by atoms with van der Waals surface area (Å²) >= 11 is 5.98. The molecule has 0 aliphatic carbocycles. The van der Waals surface area contributed by atoms with Gasteiger partial charge in [0.15, 0.2) is 6.61 Å². The number of hydrogen-bond acceptors (Lipinski definition) is 4. The van der Waals surface area contributed by atoms with Gasteiger partial charge in [-0.25, -0.2) is 4.79 Å². The molecule has 29 heavy (non-hydrogen) atoms. The molecule has 2 aromatic rings. The Morgan fingerprint density at radius 2 is 1.62 bits per heavy atom. The molecule has 3 rings (SSSR count). The molecule has 1 aliphatic heterocycles. The molecule has 8 heteroatoms. The zero-order valence-corrected chi connectivity index (χ0v) is 16.5. The van der Waals surface area contributed by atoms with Crippen LogP contribution in [-0.4, -0.2) is 42.5 Å². The molecule has 152 valence electrons. The summed E-state index contributed by atoms with van der Waals surface area (Å²) in [7, 11) is 0. The largest absolute Gasteiger partial charge is 0.455 e. The zero-order valence-electron chi connectivity index (χ0n) is 15.8. The van der Waals surface area contributed by atoms with E-state index in [9.17, 15) is 14.4 Å². The van der Waals surface area contributed by atoms with Crippen molar-refractivity contribution in [2.45, 2.75) is 12.8 Å². The summed E-state index contributed by atoms with van der Waals surface area (Å²) in [6.45, 7) is 0.521. The maximum Gasteiger partial charge on any atom is 0.321 e. The van der Waals surface area contributed by atoms with E-state index in [0.29, 0.717) is 36.6 Å². The van der Waals surface area contributed by atoms with Gasteiger partial charge in [-0.2, -0.15) is 0 Å². The number of nitrogens with zero attached hydrogens (tertiary/aromatic N) is 1. The van der Waals surface area contributed by atoms with Crippen LogP contribution in [0.3, 0.4) is 0 Å². The molecule has 0 bridgehead atoms. The quantitative estimate of drug-likeness (QED) is 0.728. The molecule has 1 aliphatic rings. The third-order valence-electron chi connectivity index (χ3n) is 4.63. The van der Waals surface area contributed by atoms with E-state index >= 15 is 0 Å². The van der Waals surface area contributed by atoms with Crippen LogP contribution < -0.4 is 10.6 Å². The second-order valence-electron chi connectivity index (χ2n) is 6.69. The summed E-state index contributed by atoms with van der Waals surface area (Å²) in [4.78, 5) is 38.2. The number of carbonyl (C=O) groups is 3. The lowest BCUT2D eigenvalue weighted by Crippen LogP contribution is -2.43. The Kier molecular flexibility index (Phi) is 7.08. The van der Waals surface area contributed by atoms with Crippen LogP contribution in [0.2, 0.25) is 5.02 Å². The fourth-order valence-electron chi connectivity index (χ4n) is 3.05. The lowest BCUT2D eigenvalue weighted by molar-refractivity contribution is -0.152. The van der Waals surface area contributed by atoms with Gasteiger partial charge in [0, 0.05) is 18.8 Å². The van der Waals surface area contributed by atoms with E-state index in [2.05, 4.69) is 10.6 Å². The third kappa shape index (κ3) is 5.96. The molecule has 2 N–H and O–H groups in total. The summed E-state index contributed by atoms with van der Waals surface area (Å²) in [5, 5.41) is 5.85. The highest BCUT2D eigenvalue weighted by Crippen LogP contribution is 2.21. The minimum absolute atomic E-state index is 0.192. The third-order valence-corrected chi connectivity index (χ3v) is 4.96. The van der Waals surface area contributed by atoms with Crippen molar-refractivity contribution < 1.29 is 19.1 Å². The Morgan fingerprint density at radius 1 is 0.966 bits per heavy atom. The normalized spacial score (nSPS) is 14.2. The van der Waals surface area contributed by atoms with E-state index in [4.69, 9.17) is 16.3 Å². The first-order valence-corrected chi connectivity index (χ1v) is 9.72. The van der Waals surface area contributed by atoms with Crippen molar-refractivity contribution in [1.82, 2.24) is 4.90 Å². The van der Waals surface area contributed by atoms with Crippen molar-refractivity contribution in [2.75, 3.05) is 30.3 Å². The second kappa shape index (κ2) is 9.93. The van der Waals surface area contributed by atoms with Crippen molar-refractivity contribution in [3.63, 3.8) is 0 Å². The zero-order chi connectivity index (χ0) is 20.6. The van der Waals surface area contributed by atoms with Gasteiger partial charge in [0.1, 0.15) is 0 Å². The van der Waals surface area contributed by atoms with Gasteiger partial charge in [-0.05, 0) is 37.1 Å². The Labute approximate surface area is 174 Å². The number of benzene rings is 2. The van der Waals surface area contributed by atoms with Gasteiger partial charge in [-0.3, -0.25) is 9.59 Å². The second-order valence-corrected chi connectivity index (χ2v) is 7.10. The number of nitrogens with one attached hydrogen (secondary N) is 2. The number of urea groups is 1. The molecule has 0 atom stereocenters. The Balaban J connectivity index is 1.40. The topological polar surface area (TPSA) is 87.7 Å². The van der Waals surface area contributed by atoms with Gasteiger partial charge in [-0.1, -0.05) is 41.9 Å². The standard InChI is InChI=1S/C21H22ClN3O4/c22-17-8-4-5-9-18(17)24-19(26)14-29-20(27)15-10-12-25(13-11-15)21(28)23-16-6-2-1-3-7-16/h1-9,15H,10-14H2,(H,23,28)(H,24,26). The van der Waals surface area contributed by atoms with Gasteiger partial charge in [0.25, 0.3) is 5.91 Å². The predicted octanol–water partition coefficient (Wildman–Crippen LogP) is 3.77. The molecular formula is C21H22ClN3O4. The molecule has 1 saturated heterocycles. The Bertz CT molecular complexity index is 867. The van der Waals surface area contributed by atoms with E-state index in [1.54, 1.807) is 29.2 Å². The molecule has 0 spiro atoms.